The summed E-state index contributed by atoms with van der Waals surface area (Å²) in [6, 6.07) is 10.6. The number of aryl methyl sites for hydroxylation is 1. The maximum Gasteiger partial charge on any atom is 0.0471 e. The first-order valence-electron chi connectivity index (χ1n) is 5.05. The summed E-state index contributed by atoms with van der Waals surface area (Å²) in [5.41, 5.74) is 3.76. The predicted molar refractivity (Wildman–Crippen MR) is 65.3 cm³/mol. The number of hydrogen-bond donors (Lipinski definition) is 1. The van der Waals surface area contributed by atoms with E-state index in [1.165, 1.54) is 21.6 Å². The summed E-state index contributed by atoms with van der Waals surface area (Å²) >= 11 is 1.77. The van der Waals surface area contributed by atoms with Crippen LogP contribution in [0, 0.1) is 6.92 Å². The monoisotopic (exact) mass is 218 g/mol. The molecule has 2 aromatic rings. The Kier molecular flexibility index (Phi) is 3.19. The van der Waals surface area contributed by atoms with Gasteiger partial charge in [0, 0.05) is 11.5 Å². The van der Waals surface area contributed by atoms with Gasteiger partial charge in [0.25, 0.3) is 0 Å². The maximum atomic E-state index is 8.81. The molecule has 0 atom stereocenters. The average molecular weight is 218 g/mol. The Morgan fingerprint density at radius 1 is 1.20 bits per heavy atom. The Bertz CT molecular complexity index is 428. The Balaban J connectivity index is 2.23. The van der Waals surface area contributed by atoms with Crippen molar-refractivity contribution in [3.05, 3.63) is 46.8 Å². The second-order valence-electron chi connectivity index (χ2n) is 3.66. The largest absolute Gasteiger partial charge is 0.396 e. The van der Waals surface area contributed by atoms with Crippen molar-refractivity contribution in [2.24, 2.45) is 0 Å². The zero-order chi connectivity index (χ0) is 10.7. The van der Waals surface area contributed by atoms with Crippen LogP contribution in [-0.2, 0) is 6.42 Å². The third-order valence-corrected chi connectivity index (χ3v) is 3.47. The van der Waals surface area contributed by atoms with E-state index in [0.29, 0.717) is 0 Å². The minimum Gasteiger partial charge on any atom is -0.396 e. The third-order valence-electron chi connectivity index (χ3n) is 2.37. The molecule has 0 amide bonds. The van der Waals surface area contributed by atoms with Gasteiger partial charge in [0.15, 0.2) is 0 Å². The lowest BCUT2D eigenvalue weighted by Gasteiger charge is -2.00. The highest BCUT2D eigenvalue weighted by Gasteiger charge is 2.00. The smallest absolute Gasteiger partial charge is 0.0471 e. The summed E-state index contributed by atoms with van der Waals surface area (Å²) in [6.07, 6.45) is 0.740. The van der Waals surface area contributed by atoms with E-state index >= 15 is 0 Å². The molecule has 0 aliphatic heterocycles. The highest BCUT2D eigenvalue weighted by molar-refractivity contribution is 7.13. The van der Waals surface area contributed by atoms with Crippen LogP contribution in [0.1, 0.15) is 11.1 Å². The molecule has 1 aromatic heterocycles. The van der Waals surface area contributed by atoms with Crippen molar-refractivity contribution < 1.29 is 5.11 Å². The molecule has 0 saturated heterocycles. The highest BCUT2D eigenvalue weighted by atomic mass is 32.1. The Morgan fingerprint density at radius 2 is 1.93 bits per heavy atom. The zero-order valence-electron chi connectivity index (χ0n) is 8.73. The van der Waals surface area contributed by atoms with Gasteiger partial charge in [-0.1, -0.05) is 24.3 Å². The van der Waals surface area contributed by atoms with Crippen LogP contribution in [0.15, 0.2) is 35.7 Å². The van der Waals surface area contributed by atoms with Gasteiger partial charge >= 0.3 is 0 Å². The van der Waals surface area contributed by atoms with Gasteiger partial charge in [0.05, 0.1) is 0 Å². The molecule has 1 N–H and O–H groups in total. The van der Waals surface area contributed by atoms with Gasteiger partial charge in [-0.2, -0.15) is 0 Å². The standard InChI is InChI=1S/C13H14OS/c1-10-8-13(15-9-10)12-4-2-11(3-5-12)6-7-14/h2-5,8-9,14H,6-7H2,1H3. The van der Waals surface area contributed by atoms with Gasteiger partial charge in [0.1, 0.15) is 0 Å². The van der Waals surface area contributed by atoms with Crippen molar-refractivity contribution in [1.82, 2.24) is 0 Å². The van der Waals surface area contributed by atoms with E-state index in [2.05, 4.69) is 42.6 Å². The fourth-order valence-electron chi connectivity index (χ4n) is 1.55. The minimum atomic E-state index is 0.220. The van der Waals surface area contributed by atoms with Crippen LogP contribution in [0.3, 0.4) is 0 Å². The fraction of sp³-hybridized carbons (Fsp3) is 0.231. The average Bonchev–Trinajstić information content (AvgIpc) is 2.67. The highest BCUT2D eigenvalue weighted by Crippen LogP contribution is 2.26. The third kappa shape index (κ3) is 2.46. The van der Waals surface area contributed by atoms with E-state index in [1.807, 2.05) is 0 Å². The van der Waals surface area contributed by atoms with Crippen molar-refractivity contribution in [3.8, 4) is 10.4 Å². The molecule has 0 aliphatic rings. The molecule has 78 valence electrons. The first-order chi connectivity index (χ1) is 7.29. The van der Waals surface area contributed by atoms with Gasteiger partial charge in [-0.25, -0.2) is 0 Å². The van der Waals surface area contributed by atoms with Crippen LogP contribution >= 0.6 is 11.3 Å². The van der Waals surface area contributed by atoms with Gasteiger partial charge in [-0.15, -0.1) is 11.3 Å². The number of aliphatic hydroxyl groups excluding tert-OH is 1. The fourth-order valence-corrected chi connectivity index (χ4v) is 2.45. The SMILES string of the molecule is Cc1csc(-c2ccc(CCO)cc2)c1. The molecule has 2 rings (SSSR count). The number of thiophene rings is 1. The molecule has 0 aliphatic carbocycles. The molecule has 15 heavy (non-hydrogen) atoms. The second kappa shape index (κ2) is 4.60. The Hall–Kier alpha value is -1.12. The molecule has 1 nitrogen and oxygen atoms in total. The normalized spacial score (nSPS) is 10.5. The lowest BCUT2D eigenvalue weighted by atomic mass is 10.1. The summed E-state index contributed by atoms with van der Waals surface area (Å²) < 4.78 is 0. The number of aliphatic hydroxyl groups is 1. The van der Waals surface area contributed by atoms with Gasteiger partial charge in [-0.3, -0.25) is 0 Å². The predicted octanol–water partition coefficient (Wildman–Crippen LogP) is 3.26. The van der Waals surface area contributed by atoms with Crippen molar-refractivity contribution >= 4 is 11.3 Å². The molecule has 1 aromatic carbocycles. The van der Waals surface area contributed by atoms with Crippen molar-refractivity contribution in [2.75, 3.05) is 6.61 Å². The minimum absolute atomic E-state index is 0.220. The van der Waals surface area contributed by atoms with E-state index in [1.54, 1.807) is 11.3 Å². The first kappa shape index (κ1) is 10.4. The first-order valence-corrected chi connectivity index (χ1v) is 5.93. The van der Waals surface area contributed by atoms with Gasteiger partial charge in [-0.05, 0) is 41.5 Å². The second-order valence-corrected chi connectivity index (χ2v) is 4.57. The van der Waals surface area contributed by atoms with Crippen molar-refractivity contribution in [3.63, 3.8) is 0 Å². The lowest BCUT2D eigenvalue weighted by molar-refractivity contribution is 0.299. The molecule has 0 fully saturated rings. The van der Waals surface area contributed by atoms with E-state index in [-0.39, 0.29) is 6.61 Å². The van der Waals surface area contributed by atoms with Crippen molar-refractivity contribution in [1.29, 1.82) is 0 Å². The van der Waals surface area contributed by atoms with E-state index < -0.39 is 0 Å². The van der Waals surface area contributed by atoms with Crippen LogP contribution < -0.4 is 0 Å². The van der Waals surface area contributed by atoms with Crippen LogP contribution in [-0.4, -0.2) is 11.7 Å². The summed E-state index contributed by atoms with van der Waals surface area (Å²) in [6.45, 7) is 2.33. The molecular weight excluding hydrogens is 204 g/mol. The number of hydrogen-bond acceptors (Lipinski definition) is 2. The quantitative estimate of drug-likeness (QED) is 0.838. The van der Waals surface area contributed by atoms with Crippen LogP contribution in [0.2, 0.25) is 0 Å². The van der Waals surface area contributed by atoms with E-state index in [4.69, 9.17) is 5.11 Å². The van der Waals surface area contributed by atoms with E-state index in [9.17, 15) is 0 Å². The Morgan fingerprint density at radius 3 is 2.47 bits per heavy atom. The number of benzene rings is 1. The van der Waals surface area contributed by atoms with Gasteiger partial charge in [0.2, 0.25) is 0 Å². The van der Waals surface area contributed by atoms with Crippen LogP contribution in [0.25, 0.3) is 10.4 Å². The summed E-state index contributed by atoms with van der Waals surface area (Å²) in [7, 11) is 0. The molecular formula is C13H14OS. The molecule has 0 bridgehead atoms. The molecule has 0 spiro atoms. The van der Waals surface area contributed by atoms with E-state index in [0.717, 1.165) is 6.42 Å². The summed E-state index contributed by atoms with van der Waals surface area (Å²) in [4.78, 5) is 1.31. The lowest BCUT2D eigenvalue weighted by Crippen LogP contribution is -1.89. The van der Waals surface area contributed by atoms with Crippen LogP contribution in [0.5, 0.6) is 0 Å². The number of rotatable bonds is 3. The van der Waals surface area contributed by atoms with Crippen molar-refractivity contribution in [2.45, 2.75) is 13.3 Å². The van der Waals surface area contributed by atoms with Gasteiger partial charge < -0.3 is 5.11 Å². The molecule has 0 unspecified atom stereocenters. The molecule has 2 heteroatoms. The van der Waals surface area contributed by atoms with Crippen LogP contribution in [0.4, 0.5) is 0 Å². The molecule has 1 heterocycles. The topological polar surface area (TPSA) is 20.2 Å². The Labute approximate surface area is 94.0 Å². The summed E-state index contributed by atoms with van der Waals surface area (Å²) in [5.74, 6) is 0. The summed E-state index contributed by atoms with van der Waals surface area (Å²) in [5, 5.41) is 11.0. The zero-order valence-corrected chi connectivity index (χ0v) is 9.55. The maximum absolute atomic E-state index is 8.81. The molecule has 0 saturated carbocycles. The molecule has 0 radical (unpaired) electrons.